The van der Waals surface area contributed by atoms with Gasteiger partial charge in [0.25, 0.3) is 0 Å². The summed E-state index contributed by atoms with van der Waals surface area (Å²) in [5.41, 5.74) is 3.61. The summed E-state index contributed by atoms with van der Waals surface area (Å²) < 4.78 is 5.23. The van der Waals surface area contributed by atoms with Crippen LogP contribution < -0.4 is 0 Å². The molecule has 0 aliphatic heterocycles. The highest BCUT2D eigenvalue weighted by molar-refractivity contribution is 5.96. The van der Waals surface area contributed by atoms with Crippen molar-refractivity contribution in [2.75, 3.05) is 7.11 Å². The summed E-state index contributed by atoms with van der Waals surface area (Å²) >= 11 is 0. The molecule has 2 aromatic carbocycles. The van der Waals surface area contributed by atoms with Crippen molar-refractivity contribution in [3.8, 4) is 5.75 Å². The van der Waals surface area contributed by atoms with Gasteiger partial charge in [-0.1, -0.05) is 24.3 Å². The van der Waals surface area contributed by atoms with Gasteiger partial charge in [0.15, 0.2) is 0 Å². The maximum Gasteiger partial charge on any atom is 0.131 e. The zero-order chi connectivity index (χ0) is 13.4. The smallest absolute Gasteiger partial charge is 0.131 e. The van der Waals surface area contributed by atoms with Crippen LogP contribution in [0.25, 0.3) is 16.8 Å². The van der Waals surface area contributed by atoms with Crippen LogP contribution in [-0.4, -0.2) is 12.2 Å². The second-order valence-electron chi connectivity index (χ2n) is 5.08. The maximum absolute atomic E-state index is 10.6. The molecule has 2 aromatic rings. The summed E-state index contributed by atoms with van der Waals surface area (Å²) in [6.45, 7) is 1.91. The Hall–Kier alpha value is -1.96. The summed E-state index contributed by atoms with van der Waals surface area (Å²) in [6.07, 6.45) is 5.25. The van der Waals surface area contributed by atoms with Gasteiger partial charge in [-0.25, -0.2) is 0 Å². The molecule has 1 N–H and O–H groups in total. The van der Waals surface area contributed by atoms with E-state index in [1.807, 2.05) is 31.2 Å². The largest absolute Gasteiger partial charge is 0.507 e. The molecule has 0 spiro atoms. The molecule has 3 rings (SSSR count). The zero-order valence-electron chi connectivity index (χ0n) is 11.4. The molecule has 2 heteroatoms. The molecule has 0 saturated carbocycles. The van der Waals surface area contributed by atoms with Crippen LogP contribution in [0.1, 0.15) is 30.0 Å². The van der Waals surface area contributed by atoms with Crippen molar-refractivity contribution in [2.24, 2.45) is 0 Å². The van der Waals surface area contributed by atoms with E-state index in [0.29, 0.717) is 5.75 Å². The number of rotatable bonds is 2. The van der Waals surface area contributed by atoms with E-state index >= 15 is 0 Å². The average molecular weight is 254 g/mol. The van der Waals surface area contributed by atoms with Crippen molar-refractivity contribution in [3.05, 3.63) is 46.7 Å². The Balaban J connectivity index is 2.36. The third kappa shape index (κ3) is 1.88. The number of allylic oxidation sites excluding steroid dienone is 1. The topological polar surface area (TPSA) is 29.5 Å². The first kappa shape index (κ1) is 12.1. The van der Waals surface area contributed by atoms with Gasteiger partial charge in [-0.3, -0.25) is 0 Å². The van der Waals surface area contributed by atoms with Crippen molar-refractivity contribution < 1.29 is 9.84 Å². The van der Waals surface area contributed by atoms with Gasteiger partial charge in [-0.2, -0.15) is 0 Å². The van der Waals surface area contributed by atoms with E-state index in [4.69, 9.17) is 4.74 Å². The molecule has 0 amide bonds. The van der Waals surface area contributed by atoms with E-state index in [9.17, 15) is 5.11 Å². The molecule has 0 fully saturated rings. The lowest BCUT2D eigenvalue weighted by molar-refractivity contribution is 0.297. The van der Waals surface area contributed by atoms with E-state index in [1.54, 1.807) is 7.11 Å². The van der Waals surface area contributed by atoms with Crippen LogP contribution in [0.2, 0.25) is 0 Å². The minimum atomic E-state index is 0.382. The molecule has 98 valence electrons. The molecule has 1 aliphatic rings. The SMILES string of the molecule is CO/C(C)=C/c1c2c(c3ccccc3c1O)CCC2. The monoisotopic (exact) mass is 254 g/mol. The minimum Gasteiger partial charge on any atom is -0.507 e. The van der Waals surface area contributed by atoms with Crippen LogP contribution >= 0.6 is 0 Å². The highest BCUT2D eigenvalue weighted by Crippen LogP contribution is 2.40. The van der Waals surface area contributed by atoms with E-state index in [1.165, 1.54) is 16.5 Å². The molecule has 0 radical (unpaired) electrons. The predicted octanol–water partition coefficient (Wildman–Crippen LogP) is 4.04. The van der Waals surface area contributed by atoms with Crippen LogP contribution in [-0.2, 0) is 17.6 Å². The molecular formula is C17H18O2. The number of phenolic OH excluding ortho intramolecular Hbond substituents is 1. The second kappa shape index (κ2) is 4.61. The average Bonchev–Trinajstić information content (AvgIpc) is 2.92. The van der Waals surface area contributed by atoms with Gasteiger partial charge in [0.2, 0.25) is 0 Å². The van der Waals surface area contributed by atoms with Crippen LogP contribution in [0.4, 0.5) is 0 Å². The molecule has 1 aliphatic carbocycles. The lowest BCUT2D eigenvalue weighted by Crippen LogP contribution is -1.93. The van der Waals surface area contributed by atoms with Gasteiger partial charge in [-0.05, 0) is 48.8 Å². The number of benzene rings is 2. The van der Waals surface area contributed by atoms with Crippen molar-refractivity contribution in [3.63, 3.8) is 0 Å². The predicted molar refractivity (Wildman–Crippen MR) is 78.3 cm³/mol. The molecular weight excluding hydrogens is 236 g/mol. The molecule has 0 saturated heterocycles. The Kier molecular flexibility index (Phi) is 2.94. The quantitative estimate of drug-likeness (QED) is 0.819. The summed E-state index contributed by atoms with van der Waals surface area (Å²) in [6, 6.07) is 8.11. The van der Waals surface area contributed by atoms with E-state index < -0.39 is 0 Å². The van der Waals surface area contributed by atoms with E-state index in [2.05, 4.69) is 6.07 Å². The van der Waals surface area contributed by atoms with Crippen molar-refractivity contribution in [1.29, 1.82) is 0 Å². The van der Waals surface area contributed by atoms with Crippen LogP contribution in [0, 0.1) is 0 Å². The van der Waals surface area contributed by atoms with Gasteiger partial charge in [0.1, 0.15) is 5.75 Å². The number of hydrogen-bond donors (Lipinski definition) is 1. The highest BCUT2D eigenvalue weighted by atomic mass is 16.5. The first-order valence-electron chi connectivity index (χ1n) is 6.70. The van der Waals surface area contributed by atoms with Crippen molar-refractivity contribution in [2.45, 2.75) is 26.2 Å². The van der Waals surface area contributed by atoms with Gasteiger partial charge in [0.05, 0.1) is 12.9 Å². The van der Waals surface area contributed by atoms with Crippen LogP contribution in [0.15, 0.2) is 30.0 Å². The molecule has 0 aromatic heterocycles. The van der Waals surface area contributed by atoms with Crippen molar-refractivity contribution in [1.82, 2.24) is 0 Å². The number of methoxy groups -OCH3 is 1. The van der Waals surface area contributed by atoms with Gasteiger partial charge in [0, 0.05) is 10.9 Å². The molecule has 19 heavy (non-hydrogen) atoms. The van der Waals surface area contributed by atoms with Gasteiger partial charge < -0.3 is 9.84 Å². The number of ether oxygens (including phenoxy) is 1. The van der Waals surface area contributed by atoms with Crippen molar-refractivity contribution >= 4 is 16.8 Å². The maximum atomic E-state index is 10.6. The third-order valence-electron chi connectivity index (χ3n) is 3.97. The van der Waals surface area contributed by atoms with Gasteiger partial charge in [-0.15, -0.1) is 0 Å². The Labute approximate surface area is 113 Å². The summed E-state index contributed by atoms with van der Waals surface area (Å²) in [4.78, 5) is 0. The van der Waals surface area contributed by atoms with Gasteiger partial charge >= 0.3 is 0 Å². The Morgan fingerprint density at radius 2 is 1.84 bits per heavy atom. The Morgan fingerprint density at radius 1 is 1.16 bits per heavy atom. The van der Waals surface area contributed by atoms with E-state index in [-0.39, 0.29) is 0 Å². The third-order valence-corrected chi connectivity index (χ3v) is 3.97. The number of aryl methyl sites for hydroxylation is 1. The Morgan fingerprint density at radius 3 is 2.58 bits per heavy atom. The summed E-state index contributed by atoms with van der Waals surface area (Å²) in [5, 5.41) is 12.7. The second-order valence-corrected chi connectivity index (χ2v) is 5.08. The fourth-order valence-electron chi connectivity index (χ4n) is 3.00. The zero-order valence-corrected chi connectivity index (χ0v) is 11.4. The first-order chi connectivity index (χ1) is 9.22. The first-order valence-corrected chi connectivity index (χ1v) is 6.70. The standard InChI is InChI=1S/C17H18O2/c1-11(19-2)10-16-14-9-5-8-12(14)13-6-3-4-7-15(13)17(16)18/h3-4,6-7,10,18H,5,8-9H2,1-2H3/b11-10+. The number of phenols is 1. The molecule has 0 unspecified atom stereocenters. The molecule has 0 heterocycles. The fraction of sp³-hybridized carbons (Fsp3) is 0.294. The fourth-order valence-corrected chi connectivity index (χ4v) is 3.00. The van der Waals surface area contributed by atoms with Crippen LogP contribution in [0.5, 0.6) is 5.75 Å². The number of fused-ring (bicyclic) bond motifs is 3. The normalized spacial score (nSPS) is 14.7. The van der Waals surface area contributed by atoms with Crippen LogP contribution in [0.3, 0.4) is 0 Å². The number of aromatic hydroxyl groups is 1. The lowest BCUT2D eigenvalue weighted by atomic mass is 9.94. The highest BCUT2D eigenvalue weighted by Gasteiger charge is 2.21. The molecule has 2 nitrogen and oxygen atoms in total. The summed E-state index contributed by atoms with van der Waals surface area (Å²) in [5.74, 6) is 1.20. The minimum absolute atomic E-state index is 0.382. The summed E-state index contributed by atoms with van der Waals surface area (Å²) in [7, 11) is 1.66. The molecule has 0 atom stereocenters. The Bertz CT molecular complexity index is 669. The number of hydrogen-bond acceptors (Lipinski definition) is 2. The lowest BCUT2D eigenvalue weighted by Gasteiger charge is -2.13. The molecule has 0 bridgehead atoms. The van der Waals surface area contributed by atoms with E-state index in [0.717, 1.165) is 36.0 Å².